The monoisotopic (exact) mass is 318 g/mol. The molecular formula is C15H14N2O2S2. The van der Waals surface area contributed by atoms with Crippen molar-refractivity contribution in [2.24, 2.45) is 0 Å². The maximum atomic E-state index is 5.42. The van der Waals surface area contributed by atoms with Crippen LogP contribution in [0, 0.1) is 0 Å². The summed E-state index contributed by atoms with van der Waals surface area (Å²) in [5.74, 6) is 2.46. The molecule has 0 atom stereocenters. The van der Waals surface area contributed by atoms with Crippen LogP contribution >= 0.6 is 23.1 Å². The Balaban J connectivity index is 1.77. The van der Waals surface area contributed by atoms with Crippen LogP contribution in [0.25, 0.3) is 10.3 Å². The number of fused-ring (bicyclic) bond motifs is 1. The molecule has 0 radical (unpaired) electrons. The summed E-state index contributed by atoms with van der Waals surface area (Å²) < 4.78 is 11.7. The summed E-state index contributed by atoms with van der Waals surface area (Å²) >= 11 is 3.34. The lowest BCUT2D eigenvalue weighted by Crippen LogP contribution is -1.92. The van der Waals surface area contributed by atoms with Gasteiger partial charge in [0.1, 0.15) is 11.5 Å². The van der Waals surface area contributed by atoms with Crippen molar-refractivity contribution in [1.82, 2.24) is 9.97 Å². The van der Waals surface area contributed by atoms with Gasteiger partial charge in [-0.15, -0.1) is 23.1 Å². The molecule has 2 heterocycles. The number of thioether (sulfide) groups is 1. The van der Waals surface area contributed by atoms with Crippen LogP contribution in [-0.2, 0) is 5.75 Å². The number of nitrogens with zero attached hydrogens (tertiary/aromatic N) is 2. The Labute approximate surface area is 131 Å². The SMILES string of the molecule is COc1ccc(CSc2cnc3ncsc3c2)c(OC)c1. The van der Waals surface area contributed by atoms with E-state index in [0.29, 0.717) is 0 Å². The van der Waals surface area contributed by atoms with Crippen LogP contribution in [0.2, 0.25) is 0 Å². The molecule has 0 aliphatic rings. The molecule has 0 bridgehead atoms. The predicted octanol–water partition coefficient (Wildman–Crippen LogP) is 4.00. The first-order valence-corrected chi connectivity index (χ1v) is 8.19. The number of methoxy groups -OCH3 is 2. The van der Waals surface area contributed by atoms with E-state index in [4.69, 9.17) is 9.47 Å². The second kappa shape index (κ2) is 6.32. The van der Waals surface area contributed by atoms with E-state index in [-0.39, 0.29) is 0 Å². The zero-order chi connectivity index (χ0) is 14.7. The topological polar surface area (TPSA) is 44.2 Å². The third kappa shape index (κ3) is 3.11. The molecule has 0 aliphatic heterocycles. The van der Waals surface area contributed by atoms with Crippen LogP contribution in [0.5, 0.6) is 11.5 Å². The van der Waals surface area contributed by atoms with Gasteiger partial charge < -0.3 is 9.47 Å². The van der Waals surface area contributed by atoms with Crippen molar-refractivity contribution in [2.75, 3.05) is 14.2 Å². The molecule has 1 aromatic carbocycles. The van der Waals surface area contributed by atoms with E-state index in [9.17, 15) is 0 Å². The number of pyridine rings is 1. The van der Waals surface area contributed by atoms with Gasteiger partial charge in [-0.2, -0.15) is 0 Å². The number of aromatic nitrogens is 2. The van der Waals surface area contributed by atoms with Gasteiger partial charge in [0.25, 0.3) is 0 Å². The summed E-state index contributed by atoms with van der Waals surface area (Å²) in [6.07, 6.45) is 1.86. The molecule has 0 fully saturated rings. The molecule has 0 saturated heterocycles. The third-order valence-corrected chi connectivity index (χ3v) is 4.83. The van der Waals surface area contributed by atoms with Gasteiger partial charge in [0.15, 0.2) is 5.65 Å². The largest absolute Gasteiger partial charge is 0.497 e. The molecule has 0 unspecified atom stereocenters. The molecule has 4 nitrogen and oxygen atoms in total. The van der Waals surface area contributed by atoms with Crippen LogP contribution < -0.4 is 9.47 Å². The van der Waals surface area contributed by atoms with Crippen molar-refractivity contribution in [1.29, 1.82) is 0 Å². The standard InChI is InChI=1S/C15H14N2O2S2/c1-18-11-4-3-10(13(5-11)19-2)8-20-12-6-14-15(16-7-12)17-9-21-14/h3-7,9H,8H2,1-2H3. The summed E-state index contributed by atoms with van der Waals surface area (Å²) in [6, 6.07) is 8.01. The normalized spacial score (nSPS) is 10.8. The fourth-order valence-electron chi connectivity index (χ4n) is 1.95. The molecule has 0 aliphatic carbocycles. The smallest absolute Gasteiger partial charge is 0.170 e. The molecule has 108 valence electrons. The van der Waals surface area contributed by atoms with Crippen LogP contribution in [0.3, 0.4) is 0 Å². The van der Waals surface area contributed by atoms with Crippen LogP contribution in [0.4, 0.5) is 0 Å². The van der Waals surface area contributed by atoms with E-state index >= 15 is 0 Å². The highest BCUT2D eigenvalue weighted by Gasteiger charge is 2.07. The summed E-state index contributed by atoms with van der Waals surface area (Å²) in [6.45, 7) is 0. The predicted molar refractivity (Wildman–Crippen MR) is 86.5 cm³/mol. The minimum Gasteiger partial charge on any atom is -0.497 e. The van der Waals surface area contributed by atoms with Gasteiger partial charge in [0, 0.05) is 28.5 Å². The van der Waals surface area contributed by atoms with Crippen molar-refractivity contribution in [3.8, 4) is 11.5 Å². The molecule has 3 aromatic rings. The summed E-state index contributed by atoms with van der Waals surface area (Å²) in [5.41, 5.74) is 3.76. The number of ether oxygens (including phenoxy) is 2. The average molecular weight is 318 g/mol. The Hall–Kier alpha value is -1.79. The minimum atomic E-state index is 0.799. The van der Waals surface area contributed by atoms with Crippen LogP contribution in [-0.4, -0.2) is 24.2 Å². The van der Waals surface area contributed by atoms with E-state index in [1.807, 2.05) is 29.9 Å². The van der Waals surface area contributed by atoms with E-state index < -0.39 is 0 Å². The summed E-state index contributed by atoms with van der Waals surface area (Å²) in [5, 5.41) is 0. The Morgan fingerprint density at radius 3 is 2.86 bits per heavy atom. The number of hydrogen-bond donors (Lipinski definition) is 0. The van der Waals surface area contributed by atoms with Crippen LogP contribution in [0.15, 0.2) is 40.9 Å². The number of benzene rings is 1. The quantitative estimate of drug-likeness (QED) is 0.665. The van der Waals surface area contributed by atoms with Crippen molar-refractivity contribution < 1.29 is 9.47 Å². The van der Waals surface area contributed by atoms with E-state index in [1.165, 1.54) is 0 Å². The highest BCUT2D eigenvalue weighted by molar-refractivity contribution is 7.98. The summed E-state index contributed by atoms with van der Waals surface area (Å²) in [7, 11) is 3.33. The lowest BCUT2D eigenvalue weighted by atomic mass is 10.2. The lowest BCUT2D eigenvalue weighted by Gasteiger charge is -2.10. The zero-order valence-corrected chi connectivity index (χ0v) is 13.3. The van der Waals surface area contributed by atoms with Gasteiger partial charge in [0.05, 0.1) is 24.4 Å². The maximum Gasteiger partial charge on any atom is 0.170 e. The van der Waals surface area contributed by atoms with E-state index in [2.05, 4.69) is 16.0 Å². The van der Waals surface area contributed by atoms with Gasteiger partial charge in [-0.3, -0.25) is 0 Å². The minimum absolute atomic E-state index is 0.799. The van der Waals surface area contributed by atoms with E-state index in [1.54, 1.807) is 37.3 Å². The van der Waals surface area contributed by atoms with Crippen molar-refractivity contribution in [3.63, 3.8) is 0 Å². The van der Waals surface area contributed by atoms with Crippen molar-refractivity contribution >= 4 is 33.4 Å². The third-order valence-electron chi connectivity index (χ3n) is 3.05. The Kier molecular flexibility index (Phi) is 4.26. The van der Waals surface area contributed by atoms with Crippen LogP contribution in [0.1, 0.15) is 5.56 Å². The lowest BCUT2D eigenvalue weighted by molar-refractivity contribution is 0.392. The molecule has 0 amide bonds. The van der Waals surface area contributed by atoms with Gasteiger partial charge in [0.2, 0.25) is 0 Å². The highest BCUT2D eigenvalue weighted by Crippen LogP contribution is 2.31. The second-order valence-corrected chi connectivity index (χ2v) is 6.25. The summed E-state index contributed by atoms with van der Waals surface area (Å²) in [4.78, 5) is 9.67. The average Bonchev–Trinajstić information content (AvgIpc) is 3.00. The molecule has 0 spiro atoms. The molecule has 6 heteroatoms. The number of hydrogen-bond acceptors (Lipinski definition) is 6. The van der Waals surface area contributed by atoms with Gasteiger partial charge in [-0.05, 0) is 12.1 Å². The van der Waals surface area contributed by atoms with Crippen molar-refractivity contribution in [3.05, 3.63) is 41.5 Å². The fraction of sp³-hybridized carbons (Fsp3) is 0.200. The molecule has 21 heavy (non-hydrogen) atoms. The Bertz CT molecular complexity index is 758. The number of thiazole rings is 1. The molecule has 0 N–H and O–H groups in total. The first-order valence-electron chi connectivity index (χ1n) is 6.33. The molecule has 0 saturated carbocycles. The highest BCUT2D eigenvalue weighted by atomic mass is 32.2. The van der Waals surface area contributed by atoms with E-state index in [0.717, 1.165) is 38.1 Å². The Morgan fingerprint density at radius 1 is 1.14 bits per heavy atom. The van der Waals surface area contributed by atoms with Gasteiger partial charge in [-0.25, -0.2) is 9.97 Å². The molecule has 3 rings (SSSR count). The van der Waals surface area contributed by atoms with Crippen molar-refractivity contribution in [2.45, 2.75) is 10.6 Å². The molecule has 2 aromatic heterocycles. The zero-order valence-electron chi connectivity index (χ0n) is 11.7. The maximum absolute atomic E-state index is 5.42. The second-order valence-electron chi connectivity index (χ2n) is 4.31. The Morgan fingerprint density at radius 2 is 2.05 bits per heavy atom. The first-order chi connectivity index (χ1) is 10.3. The van der Waals surface area contributed by atoms with Gasteiger partial charge in [-0.1, -0.05) is 6.07 Å². The first kappa shape index (κ1) is 14.2. The molecular weight excluding hydrogens is 304 g/mol. The number of rotatable bonds is 5. The van der Waals surface area contributed by atoms with Gasteiger partial charge >= 0.3 is 0 Å². The fourth-order valence-corrected chi connectivity index (χ4v) is 3.58.